The number of carbonyl (C=O) groups excluding carboxylic acids is 2. The van der Waals surface area contributed by atoms with Gasteiger partial charge in [0.25, 0.3) is 5.91 Å². The molecule has 1 atom stereocenters. The largest absolute Gasteiger partial charge is 0.342 e. The van der Waals surface area contributed by atoms with Crippen LogP contribution in [0, 0.1) is 25.6 Å². The van der Waals surface area contributed by atoms with Crippen molar-refractivity contribution < 1.29 is 14.0 Å². The van der Waals surface area contributed by atoms with E-state index in [-0.39, 0.29) is 23.1 Å². The van der Waals surface area contributed by atoms with E-state index in [0.717, 1.165) is 10.6 Å². The van der Waals surface area contributed by atoms with E-state index < -0.39 is 17.8 Å². The molecule has 0 radical (unpaired) electrons. The van der Waals surface area contributed by atoms with Crippen molar-refractivity contribution >= 4 is 40.0 Å². The summed E-state index contributed by atoms with van der Waals surface area (Å²) in [7, 11) is 0. The summed E-state index contributed by atoms with van der Waals surface area (Å²) in [6, 6.07) is 5.37. The molecule has 2 N–H and O–H groups in total. The fourth-order valence-electron chi connectivity index (χ4n) is 3.14. The van der Waals surface area contributed by atoms with Crippen LogP contribution >= 0.6 is 23.1 Å². The molecule has 0 saturated heterocycles. The maximum atomic E-state index is 14.1. The van der Waals surface area contributed by atoms with Crippen molar-refractivity contribution in [3.63, 3.8) is 0 Å². The summed E-state index contributed by atoms with van der Waals surface area (Å²) in [6.45, 7) is 10.2. The Morgan fingerprint density at radius 2 is 1.94 bits per heavy atom. The molecule has 8 nitrogen and oxygen atoms in total. The topological polar surface area (TPSA) is 102 Å². The van der Waals surface area contributed by atoms with Crippen LogP contribution in [-0.4, -0.2) is 37.3 Å². The number of amides is 2. The Hall–Kier alpha value is -2.79. The Balaban J connectivity index is 1.72. The molecule has 3 aromatic rings. The number of nitrogens with zero attached hydrogens (tertiary/aromatic N) is 4. The highest BCUT2D eigenvalue weighted by molar-refractivity contribution is 7.99. The van der Waals surface area contributed by atoms with Crippen LogP contribution in [0.15, 0.2) is 29.4 Å². The molecule has 2 amide bonds. The number of anilines is 1. The Morgan fingerprint density at radius 1 is 1.21 bits per heavy atom. The van der Waals surface area contributed by atoms with Crippen molar-refractivity contribution in [2.75, 3.05) is 11.1 Å². The van der Waals surface area contributed by atoms with Crippen LogP contribution in [0.25, 0.3) is 0 Å². The van der Waals surface area contributed by atoms with E-state index >= 15 is 0 Å². The van der Waals surface area contributed by atoms with Crippen LogP contribution in [-0.2, 0) is 11.3 Å². The maximum absolute atomic E-state index is 14.1. The van der Waals surface area contributed by atoms with Gasteiger partial charge in [0.2, 0.25) is 5.91 Å². The van der Waals surface area contributed by atoms with Gasteiger partial charge in [-0.2, -0.15) is 0 Å². The molecule has 0 fully saturated rings. The van der Waals surface area contributed by atoms with E-state index in [2.05, 4.69) is 25.8 Å². The lowest BCUT2D eigenvalue weighted by molar-refractivity contribution is -0.113. The minimum Gasteiger partial charge on any atom is -0.342 e. The third-order valence-corrected chi connectivity index (χ3v) is 6.97. The van der Waals surface area contributed by atoms with E-state index in [0.29, 0.717) is 22.7 Å². The molecule has 33 heavy (non-hydrogen) atoms. The Labute approximate surface area is 200 Å². The van der Waals surface area contributed by atoms with Gasteiger partial charge in [-0.15, -0.1) is 21.5 Å². The summed E-state index contributed by atoms with van der Waals surface area (Å²) in [5.74, 6) is -0.598. The van der Waals surface area contributed by atoms with Crippen LogP contribution < -0.4 is 10.6 Å². The summed E-state index contributed by atoms with van der Waals surface area (Å²) in [5, 5.41) is 15.4. The number of benzene rings is 1. The molecule has 176 valence electrons. The summed E-state index contributed by atoms with van der Waals surface area (Å²) in [4.78, 5) is 30.5. The van der Waals surface area contributed by atoms with Gasteiger partial charge in [0, 0.05) is 11.4 Å². The highest BCUT2D eigenvalue weighted by atomic mass is 32.2. The summed E-state index contributed by atoms with van der Waals surface area (Å²) < 4.78 is 15.9. The van der Waals surface area contributed by atoms with Gasteiger partial charge in [-0.05, 0) is 38.8 Å². The lowest BCUT2D eigenvalue weighted by Crippen LogP contribution is -2.34. The van der Waals surface area contributed by atoms with Crippen LogP contribution in [0.1, 0.15) is 53.6 Å². The van der Waals surface area contributed by atoms with Gasteiger partial charge in [0.15, 0.2) is 16.1 Å². The Bertz CT molecular complexity index is 1120. The minimum absolute atomic E-state index is 0.0206. The Morgan fingerprint density at radius 3 is 2.55 bits per heavy atom. The molecule has 0 unspecified atom stereocenters. The number of thiazole rings is 1. The van der Waals surface area contributed by atoms with Gasteiger partial charge >= 0.3 is 0 Å². The second kappa shape index (κ2) is 10.9. The first-order valence-electron chi connectivity index (χ1n) is 10.6. The molecule has 3 rings (SSSR count). The molecule has 0 aliphatic heterocycles. The van der Waals surface area contributed by atoms with E-state index in [9.17, 15) is 14.0 Å². The van der Waals surface area contributed by atoms with Gasteiger partial charge in [-0.25, -0.2) is 9.37 Å². The summed E-state index contributed by atoms with van der Waals surface area (Å²) in [5.41, 5.74) is 0.875. The first-order chi connectivity index (χ1) is 15.7. The number of rotatable bonds is 9. The second-order valence-corrected chi connectivity index (χ2v) is 9.90. The van der Waals surface area contributed by atoms with Crippen LogP contribution in [0.2, 0.25) is 0 Å². The smallest absolute Gasteiger partial charge is 0.254 e. The lowest BCUT2D eigenvalue weighted by Gasteiger charge is -2.22. The lowest BCUT2D eigenvalue weighted by atomic mass is 10.0. The van der Waals surface area contributed by atoms with E-state index in [1.54, 1.807) is 6.07 Å². The van der Waals surface area contributed by atoms with E-state index in [1.165, 1.54) is 41.3 Å². The molecular weight excluding hydrogens is 463 g/mol. The van der Waals surface area contributed by atoms with Gasteiger partial charge in [0.05, 0.1) is 23.1 Å². The van der Waals surface area contributed by atoms with Gasteiger partial charge < -0.3 is 15.2 Å². The fourth-order valence-corrected chi connectivity index (χ4v) is 4.78. The predicted octanol–water partition coefficient (Wildman–Crippen LogP) is 4.37. The summed E-state index contributed by atoms with van der Waals surface area (Å²) >= 11 is 2.69. The zero-order valence-corrected chi connectivity index (χ0v) is 20.8. The third kappa shape index (κ3) is 5.97. The normalized spacial score (nSPS) is 12.1. The summed E-state index contributed by atoms with van der Waals surface area (Å²) in [6.07, 6.45) is 0. The average molecular weight is 491 g/mol. The van der Waals surface area contributed by atoms with Gasteiger partial charge in [-0.3, -0.25) is 9.59 Å². The van der Waals surface area contributed by atoms with E-state index in [1.807, 2.05) is 39.2 Å². The molecule has 2 aromatic heterocycles. The molecule has 1 aromatic carbocycles. The molecular formula is C22H27FN6O2S2. The monoisotopic (exact) mass is 490 g/mol. The van der Waals surface area contributed by atoms with Crippen LogP contribution in [0.5, 0.6) is 0 Å². The quantitative estimate of drug-likeness (QED) is 0.432. The van der Waals surface area contributed by atoms with Crippen molar-refractivity contribution in [3.05, 3.63) is 52.0 Å². The predicted molar refractivity (Wildman–Crippen MR) is 128 cm³/mol. The fraction of sp³-hybridized carbons (Fsp3) is 0.409. The highest BCUT2D eigenvalue weighted by Crippen LogP contribution is 2.26. The first kappa shape index (κ1) is 24.8. The van der Waals surface area contributed by atoms with Crippen molar-refractivity contribution in [1.82, 2.24) is 25.1 Å². The Kier molecular flexibility index (Phi) is 8.20. The highest BCUT2D eigenvalue weighted by Gasteiger charge is 2.27. The number of aromatic nitrogens is 4. The standard InChI is InChI=1S/C22H27FN6O2S2/c1-6-29-19(18(12(2)3)26-20(31)15-9-7-8-10-16(15)23)27-28-22(29)32-11-17(30)25-21-24-13(4)14(5)33-21/h7-10,12,18H,6,11H2,1-5H3,(H,26,31)(H,24,25,30)/t18-/m1/s1. The van der Waals surface area contributed by atoms with Crippen molar-refractivity contribution in [2.45, 2.75) is 52.4 Å². The number of carbonyl (C=O) groups is 2. The average Bonchev–Trinajstić information content (AvgIpc) is 3.32. The number of thioether (sulfide) groups is 1. The molecule has 0 spiro atoms. The number of hydrogen-bond acceptors (Lipinski definition) is 7. The van der Waals surface area contributed by atoms with Crippen LogP contribution in [0.4, 0.5) is 9.52 Å². The maximum Gasteiger partial charge on any atom is 0.254 e. The van der Waals surface area contributed by atoms with Crippen LogP contribution in [0.3, 0.4) is 0 Å². The molecule has 11 heteroatoms. The number of hydrogen-bond donors (Lipinski definition) is 2. The zero-order chi connectivity index (χ0) is 24.1. The molecule has 0 bridgehead atoms. The molecule has 0 aliphatic rings. The van der Waals surface area contributed by atoms with Crippen molar-refractivity contribution in [2.24, 2.45) is 5.92 Å². The number of halogens is 1. The first-order valence-corrected chi connectivity index (χ1v) is 12.4. The number of aryl methyl sites for hydroxylation is 2. The van der Waals surface area contributed by atoms with Gasteiger partial charge in [0.1, 0.15) is 5.82 Å². The molecule has 0 saturated carbocycles. The van der Waals surface area contributed by atoms with Gasteiger partial charge in [-0.1, -0.05) is 37.7 Å². The SMILES string of the molecule is CCn1c(SCC(=O)Nc2nc(C)c(C)s2)nnc1[C@H](NC(=O)c1ccccc1F)C(C)C. The van der Waals surface area contributed by atoms with E-state index in [4.69, 9.17) is 0 Å². The number of nitrogens with one attached hydrogen (secondary N) is 2. The van der Waals surface area contributed by atoms with Crippen molar-refractivity contribution in [3.8, 4) is 0 Å². The zero-order valence-electron chi connectivity index (χ0n) is 19.2. The third-order valence-electron chi connectivity index (χ3n) is 5.02. The van der Waals surface area contributed by atoms with Crippen molar-refractivity contribution in [1.29, 1.82) is 0 Å². The molecule has 2 heterocycles. The second-order valence-electron chi connectivity index (χ2n) is 7.76. The molecule has 0 aliphatic carbocycles. The minimum atomic E-state index is -0.581.